The van der Waals surface area contributed by atoms with Gasteiger partial charge in [-0.25, -0.2) is 0 Å². The summed E-state index contributed by atoms with van der Waals surface area (Å²) in [5.74, 6) is 0.757. The van der Waals surface area contributed by atoms with Crippen molar-refractivity contribution in [1.29, 1.82) is 0 Å². The van der Waals surface area contributed by atoms with Crippen molar-refractivity contribution >= 4 is 41.0 Å². The molecule has 0 amide bonds. The Bertz CT molecular complexity index is 924. The third-order valence-corrected chi connectivity index (χ3v) is 4.72. The molecule has 3 aromatic rings. The fraction of sp³-hybridized carbons (Fsp3) is 0.0952. The first-order chi connectivity index (χ1) is 13.1. The minimum atomic E-state index is 0.444. The third-order valence-electron chi connectivity index (χ3n) is 3.78. The zero-order valence-electron chi connectivity index (χ0n) is 14.3. The monoisotopic (exact) mass is 418 g/mol. The molecule has 0 spiro atoms. The van der Waals surface area contributed by atoms with E-state index in [0.717, 1.165) is 22.4 Å². The van der Waals surface area contributed by atoms with Crippen molar-refractivity contribution in [2.75, 3.05) is 0 Å². The minimum Gasteiger partial charge on any atom is -0.489 e. The maximum atomic E-state index is 6.14. The topological polar surface area (TPSA) is 33.6 Å². The van der Waals surface area contributed by atoms with E-state index in [9.17, 15) is 0 Å². The summed E-state index contributed by atoms with van der Waals surface area (Å²) in [5, 5.41) is 6.15. The average Bonchev–Trinajstić information content (AvgIpc) is 2.66. The van der Waals surface area contributed by atoms with Crippen LogP contribution in [0.15, 0.2) is 71.8 Å². The van der Waals surface area contributed by atoms with Gasteiger partial charge in [0.15, 0.2) is 0 Å². The van der Waals surface area contributed by atoms with Crippen molar-refractivity contribution in [2.24, 2.45) is 5.10 Å². The second-order valence-electron chi connectivity index (χ2n) is 5.78. The van der Waals surface area contributed by atoms with Gasteiger partial charge in [-0.05, 0) is 47.5 Å². The van der Waals surface area contributed by atoms with Gasteiger partial charge in [0.2, 0.25) is 0 Å². The molecule has 0 saturated carbocycles. The van der Waals surface area contributed by atoms with Gasteiger partial charge in [0, 0.05) is 20.6 Å². The molecule has 138 valence electrons. The van der Waals surface area contributed by atoms with Crippen molar-refractivity contribution in [2.45, 2.75) is 13.2 Å². The molecule has 3 aromatic carbocycles. The summed E-state index contributed by atoms with van der Waals surface area (Å²) in [7, 11) is 0. The predicted octanol–water partition coefficient (Wildman–Crippen LogP) is 6.35. The van der Waals surface area contributed by atoms with Gasteiger partial charge in [-0.2, -0.15) is 5.10 Å². The van der Waals surface area contributed by atoms with E-state index in [2.05, 4.69) is 10.5 Å². The van der Waals surface area contributed by atoms with Gasteiger partial charge < -0.3 is 10.2 Å². The molecule has 0 heterocycles. The van der Waals surface area contributed by atoms with Crippen LogP contribution in [0.25, 0.3) is 0 Å². The van der Waals surface area contributed by atoms with Crippen molar-refractivity contribution in [3.8, 4) is 5.75 Å². The summed E-state index contributed by atoms with van der Waals surface area (Å²) < 4.78 is 5.82. The highest BCUT2D eigenvalue weighted by molar-refractivity contribution is 6.36. The number of nitrogens with one attached hydrogen (secondary N) is 1. The van der Waals surface area contributed by atoms with Gasteiger partial charge >= 0.3 is 0 Å². The number of benzene rings is 3. The Labute approximate surface area is 173 Å². The highest BCUT2D eigenvalue weighted by Gasteiger charge is 2.04. The zero-order valence-corrected chi connectivity index (χ0v) is 16.6. The summed E-state index contributed by atoms with van der Waals surface area (Å²) in [6, 6.07) is 20.7. The second kappa shape index (κ2) is 9.65. The normalized spacial score (nSPS) is 10.9. The van der Waals surface area contributed by atoms with Crippen LogP contribution in [0.4, 0.5) is 0 Å². The van der Waals surface area contributed by atoms with E-state index in [4.69, 9.17) is 39.5 Å². The van der Waals surface area contributed by atoms with E-state index in [1.54, 1.807) is 18.3 Å². The standard InChI is InChI=1S/C21H17Cl3N2O/c22-17-6-1-5-16(10-17)14-27-18-7-2-4-15(11-18)12-25-26-13-19-20(23)8-3-9-21(19)24/h1-12,26H,13-14H2/b25-12-. The number of hydrogen-bond donors (Lipinski definition) is 1. The molecule has 6 heteroatoms. The van der Waals surface area contributed by atoms with Crippen LogP contribution < -0.4 is 10.2 Å². The molecule has 0 bridgehead atoms. The van der Waals surface area contributed by atoms with E-state index in [1.807, 2.05) is 54.6 Å². The Hall–Kier alpha value is -2.20. The molecular formula is C21H17Cl3N2O. The van der Waals surface area contributed by atoms with Gasteiger partial charge in [-0.3, -0.25) is 0 Å². The lowest BCUT2D eigenvalue weighted by molar-refractivity contribution is 0.306. The number of halogens is 3. The highest BCUT2D eigenvalue weighted by atomic mass is 35.5. The first kappa shape index (κ1) is 19.6. The van der Waals surface area contributed by atoms with Crippen LogP contribution in [-0.4, -0.2) is 6.21 Å². The van der Waals surface area contributed by atoms with Crippen molar-refractivity contribution < 1.29 is 4.74 Å². The maximum absolute atomic E-state index is 6.14. The van der Waals surface area contributed by atoms with Crippen LogP contribution in [0.1, 0.15) is 16.7 Å². The maximum Gasteiger partial charge on any atom is 0.120 e. The van der Waals surface area contributed by atoms with E-state index in [1.165, 1.54) is 0 Å². The first-order valence-electron chi connectivity index (χ1n) is 8.28. The molecule has 0 unspecified atom stereocenters. The number of nitrogens with zero attached hydrogens (tertiary/aromatic N) is 1. The van der Waals surface area contributed by atoms with Crippen LogP contribution in [0.2, 0.25) is 15.1 Å². The van der Waals surface area contributed by atoms with E-state index < -0.39 is 0 Å². The fourth-order valence-corrected chi connectivity index (χ4v) is 3.17. The number of rotatable bonds is 7. The van der Waals surface area contributed by atoms with Crippen LogP contribution in [0.5, 0.6) is 5.75 Å². The van der Waals surface area contributed by atoms with Crippen molar-refractivity contribution in [3.63, 3.8) is 0 Å². The molecule has 0 radical (unpaired) electrons. The SMILES string of the molecule is Clc1cccc(COc2cccc(/C=N\NCc3c(Cl)cccc3Cl)c2)c1. The molecule has 0 aliphatic heterocycles. The van der Waals surface area contributed by atoms with E-state index >= 15 is 0 Å². The Morgan fingerprint density at radius 2 is 1.63 bits per heavy atom. The summed E-state index contributed by atoms with van der Waals surface area (Å²) in [5.41, 5.74) is 5.70. The lowest BCUT2D eigenvalue weighted by atomic mass is 10.2. The molecule has 27 heavy (non-hydrogen) atoms. The van der Waals surface area contributed by atoms with Crippen LogP contribution in [0.3, 0.4) is 0 Å². The quantitative estimate of drug-likeness (QED) is 0.357. The largest absolute Gasteiger partial charge is 0.489 e. The zero-order chi connectivity index (χ0) is 19.1. The molecule has 3 nitrogen and oxygen atoms in total. The smallest absolute Gasteiger partial charge is 0.120 e. The lowest BCUT2D eigenvalue weighted by Gasteiger charge is -2.08. The number of hydrazone groups is 1. The highest BCUT2D eigenvalue weighted by Crippen LogP contribution is 2.23. The Kier molecular flexibility index (Phi) is 6.99. The van der Waals surface area contributed by atoms with Crippen molar-refractivity contribution in [1.82, 2.24) is 5.43 Å². The molecule has 0 atom stereocenters. The second-order valence-corrected chi connectivity index (χ2v) is 7.04. The molecule has 3 rings (SSSR count). The number of ether oxygens (including phenoxy) is 1. The van der Waals surface area contributed by atoms with E-state index in [-0.39, 0.29) is 0 Å². The van der Waals surface area contributed by atoms with Crippen LogP contribution in [-0.2, 0) is 13.2 Å². The molecule has 0 aliphatic rings. The summed E-state index contributed by atoms with van der Waals surface area (Å²) >= 11 is 18.3. The Balaban J connectivity index is 1.56. The lowest BCUT2D eigenvalue weighted by Crippen LogP contribution is -2.06. The molecular weight excluding hydrogens is 403 g/mol. The predicted molar refractivity (Wildman–Crippen MR) is 113 cm³/mol. The molecule has 1 N–H and O–H groups in total. The first-order valence-corrected chi connectivity index (χ1v) is 9.41. The summed E-state index contributed by atoms with van der Waals surface area (Å²) in [6.45, 7) is 0.893. The van der Waals surface area contributed by atoms with Crippen LogP contribution in [0, 0.1) is 0 Å². The Morgan fingerprint density at radius 1 is 0.889 bits per heavy atom. The molecule has 0 aliphatic carbocycles. The molecule has 0 saturated heterocycles. The van der Waals surface area contributed by atoms with Gasteiger partial charge in [-0.1, -0.05) is 65.1 Å². The third kappa shape index (κ3) is 5.90. The van der Waals surface area contributed by atoms with Crippen molar-refractivity contribution in [3.05, 3.63) is 98.5 Å². The molecule has 0 fully saturated rings. The minimum absolute atomic E-state index is 0.444. The Morgan fingerprint density at radius 3 is 2.41 bits per heavy atom. The summed E-state index contributed by atoms with van der Waals surface area (Å²) in [6.07, 6.45) is 1.72. The van der Waals surface area contributed by atoms with Gasteiger partial charge in [-0.15, -0.1) is 0 Å². The number of hydrogen-bond acceptors (Lipinski definition) is 3. The molecule has 0 aromatic heterocycles. The van der Waals surface area contributed by atoms with E-state index in [0.29, 0.717) is 28.2 Å². The van der Waals surface area contributed by atoms with Gasteiger partial charge in [0.05, 0.1) is 12.8 Å². The van der Waals surface area contributed by atoms with Crippen LogP contribution >= 0.6 is 34.8 Å². The van der Waals surface area contributed by atoms with Gasteiger partial charge in [0.25, 0.3) is 0 Å². The fourth-order valence-electron chi connectivity index (χ4n) is 2.42. The summed E-state index contributed by atoms with van der Waals surface area (Å²) in [4.78, 5) is 0. The van der Waals surface area contributed by atoms with Gasteiger partial charge in [0.1, 0.15) is 12.4 Å². The average molecular weight is 420 g/mol.